The number of hydrogen-bond donors (Lipinski definition) is 1. The molecule has 0 atom stereocenters. The van der Waals surface area contributed by atoms with Gasteiger partial charge in [-0.05, 0) is 48.6 Å². The van der Waals surface area contributed by atoms with Gasteiger partial charge in [0.15, 0.2) is 5.78 Å². The molecule has 6 heteroatoms. The number of aliphatic hydroxyl groups excluding tert-OH is 1. The van der Waals surface area contributed by atoms with Gasteiger partial charge < -0.3 is 9.52 Å². The molecule has 1 N–H and O–H groups in total. The summed E-state index contributed by atoms with van der Waals surface area (Å²) in [5, 5.41) is 16.4. The quantitative estimate of drug-likeness (QED) is 0.0896. The maximum atomic E-state index is 11.7. The molecule has 6 aromatic rings. The number of allylic oxidation sites excluding steroid dienone is 2. The summed E-state index contributed by atoms with van der Waals surface area (Å²) in [6.45, 7) is 12.3. The molecule has 0 aliphatic carbocycles. The van der Waals surface area contributed by atoms with Crippen molar-refractivity contribution >= 4 is 49.4 Å². The first-order chi connectivity index (χ1) is 21.8. The summed E-state index contributed by atoms with van der Waals surface area (Å²) in [7, 11) is 0. The van der Waals surface area contributed by atoms with Crippen LogP contribution in [0.1, 0.15) is 79.0 Å². The Morgan fingerprint density at radius 1 is 0.826 bits per heavy atom. The van der Waals surface area contributed by atoms with Gasteiger partial charge in [0.2, 0.25) is 5.71 Å². The van der Waals surface area contributed by atoms with Crippen LogP contribution in [0.3, 0.4) is 0 Å². The van der Waals surface area contributed by atoms with Crippen molar-refractivity contribution in [2.45, 2.75) is 73.1 Å². The summed E-state index contributed by atoms with van der Waals surface area (Å²) >= 11 is 0. The third-order valence-corrected chi connectivity index (χ3v) is 8.75. The molecule has 2 aromatic heterocycles. The number of ketones is 1. The molecule has 0 aliphatic rings. The summed E-state index contributed by atoms with van der Waals surface area (Å²) in [5.41, 5.74) is 3.30. The van der Waals surface area contributed by atoms with Crippen molar-refractivity contribution < 1.29 is 34.4 Å². The van der Waals surface area contributed by atoms with Gasteiger partial charge in [-0.1, -0.05) is 95.5 Å². The van der Waals surface area contributed by atoms with E-state index in [9.17, 15) is 9.90 Å². The summed E-state index contributed by atoms with van der Waals surface area (Å²) in [6, 6.07) is 28.6. The van der Waals surface area contributed by atoms with E-state index in [1.54, 1.807) is 0 Å². The minimum Gasteiger partial charge on any atom is -0.512 e. The molecule has 0 aliphatic heterocycles. The zero-order valence-electron chi connectivity index (χ0n) is 27.6. The van der Waals surface area contributed by atoms with Crippen molar-refractivity contribution in [2.24, 2.45) is 11.8 Å². The van der Waals surface area contributed by atoms with E-state index in [4.69, 9.17) is 14.4 Å². The van der Waals surface area contributed by atoms with Gasteiger partial charge in [-0.3, -0.25) is 9.78 Å². The standard InChI is InChI=1S/C27H19N2O.C13H24O2.Ir/c1-16(2)26-28-25(21-12-11-17-7-3-4-8-18(17)13-21)24-22-14-19-9-5-6-10-20(19)15-23(22)30-27(24)29-26;1-5-10(6-2)12(14)9-13(15)11(7-3)8-4;/h3-11,13-16H,1-2H3;9-11,14H,5-8H2,1-4H3;/q-1;;/b;12-9-;. The molecule has 0 amide bonds. The zero-order valence-corrected chi connectivity index (χ0v) is 30.0. The fourth-order valence-electron chi connectivity index (χ4n) is 5.87. The molecular formula is C40H43IrN2O3-. The fraction of sp³-hybridized carbons (Fsp3) is 0.325. The number of carbonyl (C=O) groups is 1. The fourth-order valence-corrected chi connectivity index (χ4v) is 5.87. The van der Waals surface area contributed by atoms with Crippen molar-refractivity contribution in [2.75, 3.05) is 0 Å². The second-order valence-electron chi connectivity index (χ2n) is 12.0. The van der Waals surface area contributed by atoms with Gasteiger partial charge >= 0.3 is 0 Å². The Kier molecular flexibility index (Phi) is 11.9. The van der Waals surface area contributed by atoms with Crippen LogP contribution in [0.25, 0.3) is 54.9 Å². The number of rotatable bonds is 9. The van der Waals surface area contributed by atoms with Crippen molar-refractivity contribution in [1.82, 2.24) is 9.97 Å². The second-order valence-corrected chi connectivity index (χ2v) is 12.0. The van der Waals surface area contributed by atoms with Crippen LogP contribution in [0.2, 0.25) is 0 Å². The van der Waals surface area contributed by atoms with Crippen LogP contribution in [0, 0.1) is 17.9 Å². The van der Waals surface area contributed by atoms with E-state index in [1.165, 1.54) is 22.2 Å². The maximum Gasteiger partial charge on any atom is 0.221 e. The van der Waals surface area contributed by atoms with Crippen LogP contribution < -0.4 is 0 Å². The number of hydrogen-bond acceptors (Lipinski definition) is 5. The third-order valence-electron chi connectivity index (χ3n) is 8.75. The summed E-state index contributed by atoms with van der Waals surface area (Å²) in [6.07, 6.45) is 4.91. The monoisotopic (exact) mass is 792 g/mol. The van der Waals surface area contributed by atoms with Gasteiger partial charge in [-0.25, -0.2) is 0 Å². The van der Waals surface area contributed by atoms with E-state index in [-0.39, 0.29) is 49.4 Å². The molecule has 0 fully saturated rings. The van der Waals surface area contributed by atoms with Crippen LogP contribution in [0.4, 0.5) is 0 Å². The minimum absolute atomic E-state index is 0. The van der Waals surface area contributed by atoms with Crippen LogP contribution in [0.5, 0.6) is 0 Å². The van der Waals surface area contributed by atoms with Gasteiger partial charge in [0.05, 0.1) is 5.76 Å². The number of aliphatic hydroxyl groups is 1. The van der Waals surface area contributed by atoms with Gasteiger partial charge in [-0.15, -0.1) is 29.1 Å². The van der Waals surface area contributed by atoms with E-state index in [0.29, 0.717) is 5.71 Å². The van der Waals surface area contributed by atoms with Crippen molar-refractivity contribution in [1.29, 1.82) is 0 Å². The first kappa shape index (κ1) is 35.0. The molecule has 0 saturated carbocycles. The number of benzene rings is 4. The molecule has 2 heterocycles. The first-order valence-electron chi connectivity index (χ1n) is 16.3. The van der Waals surface area contributed by atoms with E-state index in [0.717, 1.165) is 64.5 Å². The van der Waals surface area contributed by atoms with Gasteiger partial charge in [0, 0.05) is 60.4 Å². The largest absolute Gasteiger partial charge is 0.512 e. The van der Waals surface area contributed by atoms with Gasteiger partial charge in [0.25, 0.3) is 0 Å². The van der Waals surface area contributed by atoms with Crippen molar-refractivity contribution in [3.63, 3.8) is 0 Å². The summed E-state index contributed by atoms with van der Waals surface area (Å²) in [4.78, 5) is 21.5. The van der Waals surface area contributed by atoms with Crippen molar-refractivity contribution in [3.8, 4) is 11.3 Å². The Hall–Kier alpha value is -3.86. The minimum atomic E-state index is 0. The molecule has 241 valence electrons. The molecule has 4 aromatic carbocycles. The second kappa shape index (κ2) is 15.6. The van der Waals surface area contributed by atoms with Crippen LogP contribution in [-0.2, 0) is 24.9 Å². The molecule has 5 nitrogen and oxygen atoms in total. The predicted molar refractivity (Wildman–Crippen MR) is 187 cm³/mol. The van der Waals surface area contributed by atoms with E-state index in [2.05, 4.69) is 74.5 Å². The third kappa shape index (κ3) is 7.40. The Labute approximate surface area is 285 Å². The number of furan rings is 1. The topological polar surface area (TPSA) is 76.2 Å². The molecule has 0 unspecified atom stereocenters. The summed E-state index contributed by atoms with van der Waals surface area (Å²) in [5.74, 6) is 1.52. The van der Waals surface area contributed by atoms with Crippen LogP contribution in [0.15, 0.2) is 89.0 Å². The Bertz CT molecular complexity index is 1980. The number of fused-ring (bicyclic) bond motifs is 5. The molecule has 46 heavy (non-hydrogen) atoms. The normalized spacial score (nSPS) is 11.9. The average Bonchev–Trinajstić information content (AvgIpc) is 3.41. The van der Waals surface area contributed by atoms with Gasteiger partial charge in [-0.2, -0.15) is 4.98 Å². The molecule has 0 saturated heterocycles. The summed E-state index contributed by atoms with van der Waals surface area (Å²) < 4.78 is 6.24. The Morgan fingerprint density at radius 3 is 1.98 bits per heavy atom. The maximum absolute atomic E-state index is 11.7. The molecule has 6 rings (SSSR count). The van der Waals surface area contributed by atoms with E-state index in [1.807, 2.05) is 45.9 Å². The molecular weight excluding hydrogens is 749 g/mol. The van der Waals surface area contributed by atoms with E-state index >= 15 is 0 Å². The molecule has 0 spiro atoms. The Morgan fingerprint density at radius 2 is 1.39 bits per heavy atom. The predicted octanol–water partition coefficient (Wildman–Crippen LogP) is 11.1. The first-order valence-corrected chi connectivity index (χ1v) is 16.3. The van der Waals surface area contributed by atoms with Crippen molar-refractivity contribution in [3.05, 3.63) is 96.5 Å². The Balaban J connectivity index is 0.000000259. The number of nitrogens with zero attached hydrogens (tertiary/aromatic N) is 2. The number of carbonyl (C=O) groups excluding carboxylic acids is 1. The van der Waals surface area contributed by atoms with Crippen LogP contribution in [-0.4, -0.2) is 20.9 Å². The van der Waals surface area contributed by atoms with Crippen LogP contribution >= 0.6 is 0 Å². The van der Waals surface area contributed by atoms with Gasteiger partial charge in [0.1, 0.15) is 11.4 Å². The zero-order chi connectivity index (χ0) is 32.1. The molecule has 1 radical (unpaired) electrons. The van der Waals surface area contributed by atoms with E-state index < -0.39 is 0 Å². The number of aromatic nitrogens is 2. The smallest absolute Gasteiger partial charge is 0.221 e. The molecule has 0 bridgehead atoms. The average molecular weight is 792 g/mol. The SMILES string of the molecule is CC(C)c1nc(-c2[c-]cc3ccccc3c2)c2c(n1)oc1cc3ccccc3cc12.CCC(CC)C(=O)/C=C(\O)C(CC)CC.[Ir].